The minimum Gasteiger partial charge on any atom is -0.466 e. The summed E-state index contributed by atoms with van der Waals surface area (Å²) in [5.74, 6) is -0.00516. The van der Waals surface area contributed by atoms with Gasteiger partial charge >= 0.3 is 5.97 Å². The second kappa shape index (κ2) is 6.07. The Hall–Kier alpha value is -1.91. The van der Waals surface area contributed by atoms with Crippen LogP contribution in [0.3, 0.4) is 0 Å². The molecule has 118 valence electrons. The molecule has 4 atom stereocenters. The van der Waals surface area contributed by atoms with Gasteiger partial charge in [0.25, 0.3) is 0 Å². The Bertz CT molecular complexity index is 590. The van der Waals surface area contributed by atoms with E-state index in [1.54, 1.807) is 12.3 Å². The molecule has 4 nitrogen and oxygen atoms in total. The molecule has 2 heterocycles. The molecule has 0 saturated carbocycles. The summed E-state index contributed by atoms with van der Waals surface area (Å²) >= 11 is 0. The Labute approximate surface area is 130 Å². The van der Waals surface area contributed by atoms with Crippen molar-refractivity contribution in [2.45, 2.75) is 13.8 Å². The monoisotopic (exact) mass is 304 g/mol. The van der Waals surface area contributed by atoms with Crippen LogP contribution >= 0.6 is 0 Å². The van der Waals surface area contributed by atoms with E-state index in [0.717, 1.165) is 6.54 Å². The van der Waals surface area contributed by atoms with Gasteiger partial charge in [-0.25, -0.2) is 4.39 Å². The topological polar surface area (TPSA) is 42.4 Å². The number of allylic oxidation sites excluding steroid dienone is 1. The van der Waals surface area contributed by atoms with Crippen molar-refractivity contribution in [3.05, 3.63) is 36.4 Å². The van der Waals surface area contributed by atoms with Gasteiger partial charge in [-0.2, -0.15) is 0 Å². The lowest BCUT2D eigenvalue weighted by Gasteiger charge is -2.31. The zero-order chi connectivity index (χ0) is 15.7. The first-order chi connectivity index (χ1) is 10.6. The van der Waals surface area contributed by atoms with E-state index in [2.05, 4.69) is 17.1 Å². The molecular formula is C17H21FN2O2. The lowest BCUT2D eigenvalue weighted by atomic mass is 9.72. The number of nitrogens with zero attached hydrogens (tertiary/aromatic N) is 2. The third-order valence-corrected chi connectivity index (χ3v) is 4.75. The highest BCUT2D eigenvalue weighted by molar-refractivity contribution is 5.74. The first-order valence-corrected chi connectivity index (χ1v) is 7.81. The Morgan fingerprint density at radius 1 is 1.45 bits per heavy atom. The van der Waals surface area contributed by atoms with Crippen LogP contribution in [0.2, 0.25) is 0 Å². The molecule has 1 aliphatic heterocycles. The predicted molar refractivity (Wildman–Crippen MR) is 81.8 cm³/mol. The fourth-order valence-corrected chi connectivity index (χ4v) is 3.71. The summed E-state index contributed by atoms with van der Waals surface area (Å²) in [4.78, 5) is 18.1. The Morgan fingerprint density at radius 3 is 3.00 bits per heavy atom. The number of hydrogen-bond acceptors (Lipinski definition) is 4. The van der Waals surface area contributed by atoms with Gasteiger partial charge in [0.2, 0.25) is 0 Å². The number of hydrogen-bond donors (Lipinski definition) is 0. The fourth-order valence-electron chi connectivity index (χ4n) is 3.71. The second-order valence-electron chi connectivity index (χ2n) is 6.08. The van der Waals surface area contributed by atoms with Crippen LogP contribution in [0, 0.1) is 29.5 Å². The molecule has 1 aromatic heterocycles. The van der Waals surface area contributed by atoms with Crippen LogP contribution in [0.1, 0.15) is 13.8 Å². The molecule has 22 heavy (non-hydrogen) atoms. The number of ether oxygens (including phenoxy) is 1. The first kappa shape index (κ1) is 15.0. The zero-order valence-corrected chi connectivity index (χ0v) is 12.9. The molecule has 0 N–H and O–H groups in total. The third-order valence-electron chi connectivity index (χ3n) is 4.75. The predicted octanol–water partition coefficient (Wildman–Crippen LogP) is 2.66. The number of fused-ring (bicyclic) bond motifs is 1. The van der Waals surface area contributed by atoms with E-state index in [4.69, 9.17) is 4.74 Å². The molecule has 3 rings (SSSR count). The number of aromatic nitrogens is 1. The van der Waals surface area contributed by atoms with Crippen LogP contribution in [0.25, 0.3) is 0 Å². The minimum atomic E-state index is -0.314. The number of esters is 1. The summed E-state index contributed by atoms with van der Waals surface area (Å²) in [5, 5.41) is 0. The molecule has 0 bridgehead atoms. The van der Waals surface area contributed by atoms with Gasteiger partial charge in [0.05, 0.1) is 24.4 Å². The van der Waals surface area contributed by atoms with E-state index in [0.29, 0.717) is 18.8 Å². The summed E-state index contributed by atoms with van der Waals surface area (Å²) < 4.78 is 19.2. The summed E-state index contributed by atoms with van der Waals surface area (Å²) in [7, 11) is 0. The smallest absolute Gasteiger partial charge is 0.309 e. The molecular weight excluding hydrogens is 283 g/mol. The van der Waals surface area contributed by atoms with Crippen LogP contribution < -0.4 is 4.90 Å². The van der Waals surface area contributed by atoms with Crippen molar-refractivity contribution in [1.29, 1.82) is 0 Å². The number of anilines is 1. The number of halogens is 1. The third kappa shape index (κ3) is 2.60. The van der Waals surface area contributed by atoms with Gasteiger partial charge in [-0.05, 0) is 30.7 Å². The molecule has 1 saturated heterocycles. The van der Waals surface area contributed by atoms with Crippen LogP contribution in [0.5, 0.6) is 0 Å². The van der Waals surface area contributed by atoms with Gasteiger partial charge in [0, 0.05) is 19.3 Å². The van der Waals surface area contributed by atoms with Crippen molar-refractivity contribution in [2.24, 2.45) is 23.7 Å². The zero-order valence-electron chi connectivity index (χ0n) is 12.9. The maximum Gasteiger partial charge on any atom is 0.309 e. The summed E-state index contributed by atoms with van der Waals surface area (Å²) in [6.45, 7) is 5.66. The summed E-state index contributed by atoms with van der Waals surface area (Å²) in [5.41, 5.74) is 0.563. The Morgan fingerprint density at radius 2 is 2.27 bits per heavy atom. The van der Waals surface area contributed by atoms with E-state index < -0.39 is 0 Å². The molecule has 5 heteroatoms. The Kier molecular flexibility index (Phi) is 4.14. The van der Waals surface area contributed by atoms with Crippen molar-refractivity contribution in [1.82, 2.24) is 4.98 Å². The summed E-state index contributed by atoms with van der Waals surface area (Å²) in [6, 6.07) is 1.69. The van der Waals surface area contributed by atoms with Crippen LogP contribution in [0.15, 0.2) is 30.6 Å². The highest BCUT2D eigenvalue weighted by Gasteiger charge is 2.45. The van der Waals surface area contributed by atoms with Gasteiger partial charge in [-0.15, -0.1) is 0 Å². The van der Waals surface area contributed by atoms with Crippen LogP contribution in [0.4, 0.5) is 10.1 Å². The highest BCUT2D eigenvalue weighted by Crippen LogP contribution is 2.41. The molecule has 0 radical (unpaired) electrons. The number of carbonyl (C=O) groups excluding carboxylic acids is 1. The molecule has 1 aliphatic carbocycles. The number of rotatable bonds is 3. The lowest BCUT2D eigenvalue weighted by Crippen LogP contribution is -2.37. The van der Waals surface area contributed by atoms with E-state index in [1.807, 2.05) is 18.7 Å². The van der Waals surface area contributed by atoms with Crippen LogP contribution in [-0.4, -0.2) is 30.6 Å². The maximum absolute atomic E-state index is 14.0. The van der Waals surface area contributed by atoms with E-state index in [1.165, 1.54) is 6.20 Å². The molecule has 2 aliphatic rings. The van der Waals surface area contributed by atoms with E-state index in [9.17, 15) is 9.18 Å². The van der Waals surface area contributed by atoms with Crippen molar-refractivity contribution in [2.75, 3.05) is 24.6 Å². The normalized spacial score (nSPS) is 30.2. The first-order valence-electron chi connectivity index (χ1n) is 7.81. The fraction of sp³-hybridized carbons (Fsp3) is 0.529. The molecule has 0 spiro atoms. The van der Waals surface area contributed by atoms with Crippen molar-refractivity contribution >= 4 is 11.7 Å². The number of pyridine rings is 1. The second-order valence-corrected chi connectivity index (χ2v) is 6.08. The number of carbonyl (C=O) groups is 1. The highest BCUT2D eigenvalue weighted by atomic mass is 19.1. The average molecular weight is 304 g/mol. The molecule has 0 aromatic carbocycles. The van der Waals surface area contributed by atoms with Crippen molar-refractivity contribution in [3.63, 3.8) is 0 Å². The maximum atomic E-state index is 14.0. The molecule has 1 fully saturated rings. The van der Waals surface area contributed by atoms with Gasteiger partial charge in [0.1, 0.15) is 0 Å². The van der Waals surface area contributed by atoms with Gasteiger partial charge in [0.15, 0.2) is 5.82 Å². The molecule has 0 unspecified atom stereocenters. The van der Waals surface area contributed by atoms with Crippen molar-refractivity contribution in [3.8, 4) is 0 Å². The minimum absolute atomic E-state index is 0.133. The largest absolute Gasteiger partial charge is 0.466 e. The van der Waals surface area contributed by atoms with Crippen molar-refractivity contribution < 1.29 is 13.9 Å². The van der Waals surface area contributed by atoms with Gasteiger partial charge < -0.3 is 9.64 Å². The SMILES string of the molecule is CCOC(=O)[C@@H]1[C@H]2CN(c3ccncc3F)C[C@@H]2C=C[C@@H]1C. The quantitative estimate of drug-likeness (QED) is 0.636. The molecule has 1 aromatic rings. The van der Waals surface area contributed by atoms with E-state index >= 15 is 0 Å². The summed E-state index contributed by atoms with van der Waals surface area (Å²) in [6.07, 6.45) is 7.10. The van der Waals surface area contributed by atoms with E-state index in [-0.39, 0.29) is 35.5 Å². The molecule has 0 amide bonds. The standard InChI is InChI=1S/C17H21FN2O2/c1-3-22-17(21)16-11(2)4-5-12-9-20(10-13(12)16)15-6-7-19-8-14(15)18/h4-8,11-13,16H,3,9-10H2,1-2H3/t11-,12-,13-,16-/m0/s1. The average Bonchev–Trinajstić information content (AvgIpc) is 2.91. The van der Waals surface area contributed by atoms with Gasteiger partial charge in [-0.1, -0.05) is 19.1 Å². The Balaban J connectivity index is 1.83. The van der Waals surface area contributed by atoms with Crippen LogP contribution in [-0.2, 0) is 9.53 Å². The van der Waals surface area contributed by atoms with Gasteiger partial charge in [-0.3, -0.25) is 9.78 Å². The lowest BCUT2D eigenvalue weighted by molar-refractivity contribution is -0.151.